The molecule has 0 fully saturated rings. The molecule has 5 heteroatoms. The van der Waals surface area contributed by atoms with Gasteiger partial charge in [-0.25, -0.2) is 4.98 Å². The lowest BCUT2D eigenvalue weighted by Gasteiger charge is -1.99. The highest BCUT2D eigenvalue weighted by Crippen LogP contribution is 2.06. The Labute approximate surface area is 68.4 Å². The molecule has 1 aromatic heterocycles. The summed E-state index contributed by atoms with van der Waals surface area (Å²) in [5.74, 6) is -0.753. The number of aromatic nitrogens is 2. The monoisotopic (exact) mass is 157 g/mol. The van der Waals surface area contributed by atoms with E-state index in [-0.39, 0.29) is 11.5 Å². The lowest BCUT2D eigenvalue weighted by Crippen LogP contribution is -2.21. The van der Waals surface area contributed by atoms with E-state index in [1.807, 2.05) is 5.32 Å². The lowest BCUT2D eigenvalue weighted by atomic mass is 10.4. The molecule has 0 atom stereocenters. The molecule has 0 bridgehead atoms. The second kappa shape index (κ2) is 2.61. The third kappa shape index (κ3) is 1.17. The highest BCUT2D eigenvalue weighted by atomic mass is 16.1. The zero-order valence-electron chi connectivity index (χ0n) is 8.96. The molecular weight excluding hydrogens is 144 g/mol. The van der Waals surface area contributed by atoms with Crippen molar-refractivity contribution in [2.24, 2.45) is 7.05 Å². The van der Waals surface area contributed by atoms with Crippen molar-refractivity contribution in [2.45, 2.75) is 0 Å². The van der Waals surface area contributed by atoms with E-state index in [4.69, 9.17) is 9.85 Å². The summed E-state index contributed by atoms with van der Waals surface area (Å²) in [6, 6.07) is 0. The first kappa shape index (κ1) is 4.38. The molecule has 0 saturated carbocycles. The van der Waals surface area contributed by atoms with Crippen molar-refractivity contribution >= 4 is 11.7 Å². The van der Waals surface area contributed by atoms with Gasteiger partial charge in [-0.05, 0) is 0 Å². The third-order valence-corrected chi connectivity index (χ3v) is 1.29. The number of nitrogens with zero attached hydrogens (tertiary/aromatic N) is 2. The molecule has 1 aromatic rings. The molecule has 0 aliphatic carbocycles. The van der Waals surface area contributed by atoms with Crippen LogP contribution in [0.1, 0.15) is 14.6 Å². The molecule has 0 aromatic carbocycles. The van der Waals surface area contributed by atoms with Crippen LogP contribution in [-0.4, -0.2) is 22.4 Å². The second-order valence-electron chi connectivity index (χ2n) is 2.04. The van der Waals surface area contributed by atoms with Crippen molar-refractivity contribution in [3.05, 3.63) is 12.0 Å². The Kier molecular flexibility index (Phi) is 1.04. The number of rotatable bonds is 1. The third-order valence-electron chi connectivity index (χ3n) is 1.29. The maximum Gasteiger partial charge on any atom is 0.271 e. The summed E-state index contributed by atoms with van der Waals surface area (Å²) in [5.41, 5.74) is 5.43. The average Bonchev–Trinajstić information content (AvgIpc) is 2.27. The molecular formula is C6H10N4O. The number of hydrogen-bond donors (Lipinski definition) is 2. The van der Waals surface area contributed by atoms with Crippen molar-refractivity contribution in [3.63, 3.8) is 0 Å². The Bertz CT molecular complexity index is 337. The van der Waals surface area contributed by atoms with E-state index >= 15 is 0 Å². The molecule has 1 rings (SSSR count). The van der Waals surface area contributed by atoms with Gasteiger partial charge in [0, 0.05) is 18.1 Å². The van der Waals surface area contributed by atoms with E-state index in [0.717, 1.165) is 0 Å². The highest BCUT2D eigenvalue weighted by Gasteiger charge is 2.12. The standard InChI is InChI=1S/C6H10N4O/c1-8-6(11)4-5(7)9-3-10(4)2/h3H,7H2,1-2H3,(H,8,11)/i1D3. The predicted octanol–water partition coefficient (Wildman–Crippen LogP) is -0.638. The van der Waals surface area contributed by atoms with Crippen molar-refractivity contribution in [2.75, 3.05) is 12.7 Å². The van der Waals surface area contributed by atoms with Gasteiger partial charge >= 0.3 is 0 Å². The highest BCUT2D eigenvalue weighted by molar-refractivity contribution is 5.96. The molecule has 0 radical (unpaired) electrons. The van der Waals surface area contributed by atoms with Crippen LogP contribution in [0.4, 0.5) is 5.82 Å². The molecule has 0 spiro atoms. The van der Waals surface area contributed by atoms with Crippen LogP contribution in [0.2, 0.25) is 0 Å². The molecule has 1 heterocycles. The maximum absolute atomic E-state index is 11.4. The molecule has 0 unspecified atom stereocenters. The summed E-state index contributed by atoms with van der Waals surface area (Å²) < 4.78 is 21.9. The van der Waals surface area contributed by atoms with Crippen LogP contribution in [0, 0.1) is 0 Å². The summed E-state index contributed by atoms with van der Waals surface area (Å²) in [6.07, 6.45) is 1.34. The largest absolute Gasteiger partial charge is 0.382 e. The van der Waals surface area contributed by atoms with Crippen LogP contribution in [-0.2, 0) is 7.05 Å². The molecule has 0 saturated heterocycles. The van der Waals surface area contributed by atoms with Crippen molar-refractivity contribution in [1.82, 2.24) is 14.9 Å². The van der Waals surface area contributed by atoms with Crippen LogP contribution in [0.5, 0.6) is 0 Å². The normalized spacial score (nSPS) is 14.8. The Morgan fingerprint density at radius 2 is 2.73 bits per heavy atom. The number of carbonyl (C=O) groups excluding carboxylic acids is 1. The van der Waals surface area contributed by atoms with Gasteiger partial charge in [0.15, 0.2) is 11.5 Å². The van der Waals surface area contributed by atoms with E-state index in [2.05, 4.69) is 4.98 Å². The molecule has 60 valence electrons. The van der Waals surface area contributed by atoms with E-state index in [1.165, 1.54) is 10.9 Å². The first-order chi connectivity index (χ1) is 6.31. The minimum Gasteiger partial charge on any atom is -0.382 e. The van der Waals surface area contributed by atoms with Gasteiger partial charge in [-0.1, -0.05) is 0 Å². The Morgan fingerprint density at radius 1 is 2.00 bits per heavy atom. The fourth-order valence-corrected chi connectivity index (χ4v) is 0.784. The minimum atomic E-state index is -2.52. The fraction of sp³-hybridized carbons (Fsp3) is 0.333. The van der Waals surface area contributed by atoms with E-state index in [1.54, 1.807) is 7.05 Å². The first-order valence-corrected chi connectivity index (χ1v) is 2.90. The van der Waals surface area contributed by atoms with Crippen molar-refractivity contribution in [3.8, 4) is 0 Å². The summed E-state index contributed by atoms with van der Waals surface area (Å²) in [5, 5.41) is 1.82. The summed E-state index contributed by atoms with van der Waals surface area (Å²) in [7, 11) is 1.55. The van der Waals surface area contributed by atoms with Gasteiger partial charge < -0.3 is 15.6 Å². The number of amides is 1. The minimum absolute atomic E-state index is 0.00856. The Hall–Kier alpha value is -1.52. The molecule has 5 nitrogen and oxygen atoms in total. The first-order valence-electron chi connectivity index (χ1n) is 4.40. The second-order valence-corrected chi connectivity index (χ2v) is 2.04. The summed E-state index contributed by atoms with van der Waals surface area (Å²) in [6.45, 7) is -2.52. The van der Waals surface area contributed by atoms with Gasteiger partial charge in [0.05, 0.1) is 6.33 Å². The predicted molar refractivity (Wildman–Crippen MR) is 41.0 cm³/mol. The van der Waals surface area contributed by atoms with E-state index in [0.29, 0.717) is 0 Å². The SMILES string of the molecule is [2H]C([2H])([2H])NC(=O)c1c(N)ncn1C. The van der Waals surface area contributed by atoms with Gasteiger partial charge in [-0.15, -0.1) is 0 Å². The van der Waals surface area contributed by atoms with Gasteiger partial charge in [0.1, 0.15) is 0 Å². The summed E-state index contributed by atoms with van der Waals surface area (Å²) >= 11 is 0. The van der Waals surface area contributed by atoms with E-state index in [9.17, 15) is 4.79 Å². The number of aryl methyl sites for hydroxylation is 1. The molecule has 0 aliphatic rings. The van der Waals surface area contributed by atoms with E-state index < -0.39 is 12.9 Å². The number of carbonyl (C=O) groups is 1. The number of nitrogens with one attached hydrogen (secondary N) is 1. The van der Waals surface area contributed by atoms with Crippen LogP contribution in [0.3, 0.4) is 0 Å². The van der Waals surface area contributed by atoms with Crippen molar-refractivity contribution in [1.29, 1.82) is 0 Å². The molecule has 0 aliphatic heterocycles. The van der Waals surface area contributed by atoms with Gasteiger partial charge in [-0.2, -0.15) is 0 Å². The molecule has 3 N–H and O–H groups in total. The number of nitrogen functional groups attached to an aromatic ring is 1. The molecule has 1 amide bonds. The smallest absolute Gasteiger partial charge is 0.271 e. The van der Waals surface area contributed by atoms with Gasteiger partial charge in [0.2, 0.25) is 0 Å². The Morgan fingerprint density at radius 3 is 3.18 bits per heavy atom. The van der Waals surface area contributed by atoms with Crippen LogP contribution in [0.25, 0.3) is 0 Å². The van der Waals surface area contributed by atoms with Crippen LogP contribution >= 0.6 is 0 Å². The quantitative estimate of drug-likeness (QED) is 0.569. The number of hydrogen-bond acceptors (Lipinski definition) is 3. The number of anilines is 1. The Balaban J connectivity index is 2.90. The average molecular weight is 157 g/mol. The fourth-order valence-electron chi connectivity index (χ4n) is 0.784. The van der Waals surface area contributed by atoms with Crippen molar-refractivity contribution < 1.29 is 8.91 Å². The number of nitrogens with two attached hydrogens (primary N) is 1. The zero-order chi connectivity index (χ0) is 10.9. The lowest BCUT2D eigenvalue weighted by molar-refractivity contribution is 0.0956. The van der Waals surface area contributed by atoms with Gasteiger partial charge in [-0.3, -0.25) is 4.79 Å². The maximum atomic E-state index is 11.4. The van der Waals surface area contributed by atoms with Crippen LogP contribution < -0.4 is 11.1 Å². The number of imidazole rings is 1. The van der Waals surface area contributed by atoms with Gasteiger partial charge in [0.25, 0.3) is 5.91 Å². The summed E-state index contributed by atoms with van der Waals surface area (Å²) in [4.78, 5) is 15.0. The van der Waals surface area contributed by atoms with Crippen LogP contribution in [0.15, 0.2) is 6.33 Å². The topological polar surface area (TPSA) is 72.9 Å². The molecule has 11 heavy (non-hydrogen) atoms. The zero-order valence-corrected chi connectivity index (χ0v) is 5.96.